The first-order valence-electron chi connectivity index (χ1n) is 8.12. The lowest BCUT2D eigenvalue weighted by atomic mass is 9.78. The standard InChI is InChI=1S/C17H22N4/c18-16-17(20-14-9-3-2-8-13(14)19-16)21-11-5-7-12-6-1-4-10-15(12)21/h2-3,8-9,12,15H,1,4-7,10-11H2,(H2,18,19). The number of benzene rings is 1. The van der Waals surface area contributed by atoms with E-state index < -0.39 is 0 Å². The number of fused-ring (bicyclic) bond motifs is 2. The molecule has 1 aromatic heterocycles. The third-order valence-electron chi connectivity index (χ3n) is 5.09. The van der Waals surface area contributed by atoms with Gasteiger partial charge in [0.15, 0.2) is 11.6 Å². The van der Waals surface area contributed by atoms with Crippen LogP contribution in [0.15, 0.2) is 24.3 Å². The Morgan fingerprint density at radius 1 is 0.952 bits per heavy atom. The Morgan fingerprint density at radius 3 is 2.52 bits per heavy atom. The van der Waals surface area contributed by atoms with Crippen molar-refractivity contribution in [2.24, 2.45) is 5.92 Å². The molecule has 1 saturated carbocycles. The Kier molecular flexibility index (Phi) is 3.17. The Bertz CT molecular complexity index is 652. The van der Waals surface area contributed by atoms with E-state index in [4.69, 9.17) is 10.7 Å². The molecule has 2 aliphatic rings. The van der Waals surface area contributed by atoms with Crippen LogP contribution in [0.25, 0.3) is 11.0 Å². The predicted octanol–water partition coefficient (Wildman–Crippen LogP) is 3.37. The predicted molar refractivity (Wildman–Crippen MR) is 86.3 cm³/mol. The van der Waals surface area contributed by atoms with E-state index in [9.17, 15) is 0 Å². The number of anilines is 2. The van der Waals surface area contributed by atoms with Crippen molar-refractivity contribution < 1.29 is 0 Å². The summed E-state index contributed by atoms with van der Waals surface area (Å²) in [5, 5.41) is 0. The topological polar surface area (TPSA) is 55.0 Å². The molecule has 1 saturated heterocycles. The van der Waals surface area contributed by atoms with Crippen LogP contribution in [0.1, 0.15) is 38.5 Å². The van der Waals surface area contributed by atoms with Gasteiger partial charge in [-0.1, -0.05) is 25.0 Å². The first-order chi connectivity index (χ1) is 10.3. The average molecular weight is 282 g/mol. The first kappa shape index (κ1) is 12.9. The molecule has 110 valence electrons. The maximum Gasteiger partial charge on any atom is 0.172 e. The lowest BCUT2D eigenvalue weighted by molar-refractivity contribution is 0.243. The fourth-order valence-electron chi connectivity index (χ4n) is 4.10. The molecule has 0 bridgehead atoms. The minimum atomic E-state index is 0.583. The number of hydrogen-bond donors (Lipinski definition) is 1. The highest BCUT2D eigenvalue weighted by atomic mass is 15.2. The fraction of sp³-hybridized carbons (Fsp3) is 0.529. The first-order valence-corrected chi connectivity index (χ1v) is 8.12. The molecule has 1 aliphatic carbocycles. The quantitative estimate of drug-likeness (QED) is 0.871. The van der Waals surface area contributed by atoms with Crippen LogP contribution < -0.4 is 10.6 Å². The summed E-state index contributed by atoms with van der Waals surface area (Å²) < 4.78 is 0. The van der Waals surface area contributed by atoms with Crippen LogP contribution in [-0.4, -0.2) is 22.6 Å². The third kappa shape index (κ3) is 2.23. The van der Waals surface area contributed by atoms with Crippen molar-refractivity contribution in [2.75, 3.05) is 17.2 Å². The third-order valence-corrected chi connectivity index (χ3v) is 5.09. The zero-order valence-corrected chi connectivity index (χ0v) is 12.3. The minimum Gasteiger partial charge on any atom is -0.381 e. The highest BCUT2D eigenvalue weighted by Crippen LogP contribution is 2.38. The number of rotatable bonds is 1. The van der Waals surface area contributed by atoms with E-state index in [0.29, 0.717) is 11.9 Å². The molecule has 4 heteroatoms. The zero-order chi connectivity index (χ0) is 14.2. The number of para-hydroxylation sites is 2. The van der Waals surface area contributed by atoms with Gasteiger partial charge in [0.05, 0.1) is 11.0 Å². The van der Waals surface area contributed by atoms with Crippen molar-refractivity contribution in [2.45, 2.75) is 44.6 Å². The Morgan fingerprint density at radius 2 is 1.67 bits per heavy atom. The second-order valence-electron chi connectivity index (χ2n) is 6.37. The van der Waals surface area contributed by atoms with Gasteiger partial charge >= 0.3 is 0 Å². The van der Waals surface area contributed by atoms with E-state index in [0.717, 1.165) is 29.3 Å². The van der Waals surface area contributed by atoms with Gasteiger partial charge < -0.3 is 10.6 Å². The second kappa shape index (κ2) is 5.17. The molecular weight excluding hydrogens is 260 g/mol. The maximum atomic E-state index is 6.22. The monoisotopic (exact) mass is 282 g/mol. The average Bonchev–Trinajstić information content (AvgIpc) is 2.54. The normalized spacial score (nSPS) is 25.8. The van der Waals surface area contributed by atoms with Crippen LogP contribution in [0, 0.1) is 5.92 Å². The molecule has 0 radical (unpaired) electrons. The number of nitrogens with two attached hydrogens (primary N) is 1. The number of nitrogens with zero attached hydrogens (tertiary/aromatic N) is 3. The summed E-state index contributed by atoms with van der Waals surface area (Å²) in [6, 6.07) is 8.60. The Balaban J connectivity index is 1.75. The molecule has 2 heterocycles. The molecule has 4 rings (SSSR count). The summed E-state index contributed by atoms with van der Waals surface area (Å²) in [4.78, 5) is 11.8. The van der Waals surface area contributed by atoms with E-state index in [-0.39, 0.29) is 0 Å². The van der Waals surface area contributed by atoms with Gasteiger partial charge in [-0.3, -0.25) is 0 Å². The van der Waals surface area contributed by atoms with E-state index in [1.807, 2.05) is 24.3 Å². The van der Waals surface area contributed by atoms with Crippen LogP contribution in [0.4, 0.5) is 11.6 Å². The molecule has 4 nitrogen and oxygen atoms in total. The van der Waals surface area contributed by atoms with E-state index in [1.54, 1.807) is 0 Å². The molecule has 21 heavy (non-hydrogen) atoms. The van der Waals surface area contributed by atoms with Crippen molar-refractivity contribution in [1.82, 2.24) is 9.97 Å². The molecule has 1 aromatic carbocycles. The lowest BCUT2D eigenvalue weighted by Crippen LogP contribution is -2.47. The molecule has 1 aliphatic heterocycles. The van der Waals surface area contributed by atoms with Crippen molar-refractivity contribution in [3.63, 3.8) is 0 Å². The van der Waals surface area contributed by atoms with Gasteiger partial charge in [-0.05, 0) is 43.7 Å². The zero-order valence-electron chi connectivity index (χ0n) is 12.3. The summed E-state index contributed by atoms with van der Waals surface area (Å²) >= 11 is 0. The van der Waals surface area contributed by atoms with Gasteiger partial charge in [0.1, 0.15) is 0 Å². The summed E-state index contributed by atoms with van der Waals surface area (Å²) in [6.07, 6.45) is 7.96. The van der Waals surface area contributed by atoms with Crippen LogP contribution >= 0.6 is 0 Å². The van der Waals surface area contributed by atoms with Crippen molar-refractivity contribution in [1.29, 1.82) is 0 Å². The highest BCUT2D eigenvalue weighted by molar-refractivity contribution is 5.79. The lowest BCUT2D eigenvalue weighted by Gasteiger charge is -2.44. The number of aromatic nitrogens is 2. The summed E-state index contributed by atoms with van der Waals surface area (Å²) in [6.45, 7) is 1.07. The Hall–Kier alpha value is -1.84. The number of hydrogen-bond acceptors (Lipinski definition) is 4. The van der Waals surface area contributed by atoms with Gasteiger partial charge in [-0.15, -0.1) is 0 Å². The summed E-state index contributed by atoms with van der Waals surface area (Å²) in [7, 11) is 0. The molecular formula is C17H22N4. The van der Waals surface area contributed by atoms with Gasteiger partial charge in [-0.2, -0.15) is 0 Å². The van der Waals surface area contributed by atoms with Crippen molar-refractivity contribution >= 4 is 22.7 Å². The van der Waals surface area contributed by atoms with Gasteiger partial charge in [-0.25, -0.2) is 9.97 Å². The molecule has 2 atom stereocenters. The van der Waals surface area contributed by atoms with E-state index >= 15 is 0 Å². The van der Waals surface area contributed by atoms with Gasteiger partial charge in [0.25, 0.3) is 0 Å². The minimum absolute atomic E-state index is 0.583. The second-order valence-corrected chi connectivity index (χ2v) is 6.37. The molecule has 2 N–H and O–H groups in total. The summed E-state index contributed by atoms with van der Waals surface area (Å²) in [5.41, 5.74) is 8.05. The smallest absolute Gasteiger partial charge is 0.172 e. The highest BCUT2D eigenvalue weighted by Gasteiger charge is 2.34. The van der Waals surface area contributed by atoms with E-state index in [1.165, 1.54) is 38.5 Å². The number of nitrogen functional groups attached to an aromatic ring is 1. The molecule has 0 amide bonds. The SMILES string of the molecule is Nc1nc2ccccc2nc1N1CCCC2CCCCC21. The Labute approximate surface area is 125 Å². The molecule has 2 fully saturated rings. The van der Waals surface area contributed by atoms with Gasteiger partial charge in [0, 0.05) is 12.6 Å². The van der Waals surface area contributed by atoms with Crippen LogP contribution in [0.5, 0.6) is 0 Å². The van der Waals surface area contributed by atoms with Crippen LogP contribution in [-0.2, 0) is 0 Å². The maximum absolute atomic E-state index is 6.22. The number of piperidine rings is 1. The van der Waals surface area contributed by atoms with E-state index in [2.05, 4.69) is 9.88 Å². The molecule has 0 spiro atoms. The van der Waals surface area contributed by atoms with Gasteiger partial charge in [0.2, 0.25) is 0 Å². The van der Waals surface area contributed by atoms with Crippen LogP contribution in [0.3, 0.4) is 0 Å². The molecule has 2 aromatic rings. The molecule has 2 unspecified atom stereocenters. The largest absolute Gasteiger partial charge is 0.381 e. The van der Waals surface area contributed by atoms with Crippen molar-refractivity contribution in [3.05, 3.63) is 24.3 Å². The fourth-order valence-corrected chi connectivity index (χ4v) is 4.10. The van der Waals surface area contributed by atoms with Crippen LogP contribution in [0.2, 0.25) is 0 Å². The van der Waals surface area contributed by atoms with Crippen molar-refractivity contribution in [3.8, 4) is 0 Å². The summed E-state index contributed by atoms with van der Waals surface area (Å²) in [5.74, 6) is 2.31.